The van der Waals surface area contributed by atoms with E-state index >= 15 is 0 Å². The molecule has 26 heavy (non-hydrogen) atoms. The molecule has 1 aliphatic heterocycles. The van der Waals surface area contributed by atoms with Crippen molar-refractivity contribution in [2.24, 2.45) is 5.10 Å². The van der Waals surface area contributed by atoms with Crippen LogP contribution in [0.25, 0.3) is 6.08 Å². The summed E-state index contributed by atoms with van der Waals surface area (Å²) >= 11 is 0. The SMILES string of the molecule is O=C1CCC(C=Cc2ccccc2)=NN1Cc1cccc(C(F)(F)F)c1. The lowest BCUT2D eigenvalue weighted by Crippen LogP contribution is -2.30. The van der Waals surface area contributed by atoms with Crippen LogP contribution in [0, 0.1) is 0 Å². The van der Waals surface area contributed by atoms with E-state index in [2.05, 4.69) is 5.10 Å². The van der Waals surface area contributed by atoms with E-state index < -0.39 is 11.7 Å². The highest BCUT2D eigenvalue weighted by Crippen LogP contribution is 2.30. The molecule has 0 aromatic heterocycles. The van der Waals surface area contributed by atoms with Crippen LogP contribution in [0.5, 0.6) is 0 Å². The van der Waals surface area contributed by atoms with Gasteiger partial charge in [-0.3, -0.25) is 4.79 Å². The van der Waals surface area contributed by atoms with Gasteiger partial charge in [0.25, 0.3) is 0 Å². The molecule has 1 amide bonds. The second-order valence-corrected chi connectivity index (χ2v) is 5.98. The number of nitrogens with zero attached hydrogens (tertiary/aromatic N) is 2. The molecule has 1 aliphatic rings. The molecule has 0 fully saturated rings. The van der Waals surface area contributed by atoms with Crippen molar-refractivity contribution in [2.45, 2.75) is 25.6 Å². The van der Waals surface area contributed by atoms with Crippen molar-refractivity contribution in [2.75, 3.05) is 0 Å². The number of hydrogen-bond acceptors (Lipinski definition) is 2. The Morgan fingerprint density at radius 3 is 2.50 bits per heavy atom. The van der Waals surface area contributed by atoms with Gasteiger partial charge in [-0.25, -0.2) is 5.01 Å². The number of halogens is 3. The summed E-state index contributed by atoms with van der Waals surface area (Å²) < 4.78 is 38.5. The first-order valence-electron chi connectivity index (χ1n) is 8.19. The molecule has 0 bridgehead atoms. The minimum atomic E-state index is -4.41. The molecule has 0 N–H and O–H groups in total. The molecule has 3 nitrogen and oxygen atoms in total. The predicted octanol–water partition coefficient (Wildman–Crippen LogP) is 4.90. The molecule has 0 spiro atoms. The fourth-order valence-electron chi connectivity index (χ4n) is 2.64. The van der Waals surface area contributed by atoms with Crippen molar-refractivity contribution < 1.29 is 18.0 Å². The molecule has 3 rings (SSSR count). The first-order valence-corrected chi connectivity index (χ1v) is 8.19. The summed E-state index contributed by atoms with van der Waals surface area (Å²) in [5, 5.41) is 5.54. The van der Waals surface area contributed by atoms with Crippen LogP contribution in [0.15, 0.2) is 65.8 Å². The minimum Gasteiger partial charge on any atom is -0.273 e. The lowest BCUT2D eigenvalue weighted by molar-refractivity contribution is -0.137. The number of carbonyl (C=O) groups excluding carboxylic acids is 1. The van der Waals surface area contributed by atoms with Gasteiger partial charge in [0.1, 0.15) is 0 Å². The summed E-state index contributed by atoms with van der Waals surface area (Å²) in [7, 11) is 0. The zero-order chi connectivity index (χ0) is 18.6. The molecule has 0 saturated heterocycles. The van der Waals surface area contributed by atoms with Crippen LogP contribution in [0.2, 0.25) is 0 Å². The van der Waals surface area contributed by atoms with Gasteiger partial charge in [-0.05, 0) is 29.3 Å². The fourth-order valence-corrected chi connectivity index (χ4v) is 2.64. The van der Waals surface area contributed by atoms with E-state index in [0.29, 0.717) is 12.0 Å². The maximum Gasteiger partial charge on any atom is 0.416 e. The van der Waals surface area contributed by atoms with E-state index in [1.165, 1.54) is 11.1 Å². The van der Waals surface area contributed by atoms with Crippen LogP contribution in [0.4, 0.5) is 13.2 Å². The van der Waals surface area contributed by atoms with Crippen molar-refractivity contribution in [3.63, 3.8) is 0 Å². The monoisotopic (exact) mass is 358 g/mol. The highest BCUT2D eigenvalue weighted by Gasteiger charge is 2.30. The lowest BCUT2D eigenvalue weighted by atomic mass is 10.1. The van der Waals surface area contributed by atoms with Crippen molar-refractivity contribution in [1.29, 1.82) is 0 Å². The second kappa shape index (κ2) is 7.56. The molecule has 2 aromatic carbocycles. The van der Waals surface area contributed by atoms with Crippen LogP contribution >= 0.6 is 0 Å². The Hall–Kier alpha value is -2.89. The summed E-state index contributed by atoms with van der Waals surface area (Å²) in [5.74, 6) is -0.195. The largest absolute Gasteiger partial charge is 0.416 e. The Labute approximate surface area is 149 Å². The Balaban J connectivity index is 1.76. The average Bonchev–Trinajstić information content (AvgIpc) is 2.63. The molecular weight excluding hydrogens is 341 g/mol. The zero-order valence-electron chi connectivity index (χ0n) is 13.9. The summed E-state index contributed by atoms with van der Waals surface area (Å²) in [6.07, 6.45) is 0.130. The van der Waals surface area contributed by atoms with Gasteiger partial charge < -0.3 is 0 Å². The van der Waals surface area contributed by atoms with Gasteiger partial charge in [0.15, 0.2) is 0 Å². The zero-order valence-corrected chi connectivity index (χ0v) is 13.9. The van der Waals surface area contributed by atoms with E-state index in [1.807, 2.05) is 42.5 Å². The number of rotatable bonds is 4. The van der Waals surface area contributed by atoms with Crippen LogP contribution in [-0.2, 0) is 17.5 Å². The van der Waals surface area contributed by atoms with Crippen molar-refractivity contribution in [3.05, 3.63) is 77.4 Å². The standard InChI is InChI=1S/C20H17F3N2O/c21-20(22,23)17-8-4-7-16(13-17)14-25-19(26)12-11-18(24-25)10-9-15-5-2-1-3-6-15/h1-10,13H,11-12,14H2. The molecule has 6 heteroatoms. The number of hydrogen-bond donors (Lipinski definition) is 0. The van der Waals surface area contributed by atoms with Gasteiger partial charge in [0, 0.05) is 12.8 Å². The van der Waals surface area contributed by atoms with Crippen LogP contribution in [0.3, 0.4) is 0 Å². The Morgan fingerprint density at radius 2 is 1.77 bits per heavy atom. The third kappa shape index (κ3) is 4.59. The predicted molar refractivity (Wildman–Crippen MR) is 94.1 cm³/mol. The van der Waals surface area contributed by atoms with Gasteiger partial charge in [-0.1, -0.05) is 48.5 Å². The molecule has 2 aromatic rings. The minimum absolute atomic E-state index is 0.0193. The second-order valence-electron chi connectivity index (χ2n) is 5.98. The smallest absolute Gasteiger partial charge is 0.273 e. The lowest BCUT2D eigenvalue weighted by Gasteiger charge is -2.23. The van der Waals surface area contributed by atoms with Crippen molar-refractivity contribution in [1.82, 2.24) is 5.01 Å². The molecule has 0 aliphatic carbocycles. The summed E-state index contributed by atoms with van der Waals surface area (Å²) in [4.78, 5) is 12.1. The van der Waals surface area contributed by atoms with E-state index in [-0.39, 0.29) is 18.9 Å². The third-order valence-electron chi connectivity index (χ3n) is 3.99. The molecule has 0 atom stereocenters. The van der Waals surface area contributed by atoms with E-state index in [9.17, 15) is 18.0 Å². The average molecular weight is 358 g/mol. The molecule has 0 radical (unpaired) electrons. The van der Waals surface area contributed by atoms with Crippen molar-refractivity contribution in [3.8, 4) is 0 Å². The van der Waals surface area contributed by atoms with E-state index in [4.69, 9.17) is 0 Å². The third-order valence-corrected chi connectivity index (χ3v) is 3.99. The van der Waals surface area contributed by atoms with E-state index in [0.717, 1.165) is 23.4 Å². The molecule has 0 saturated carbocycles. The summed E-state index contributed by atoms with van der Waals surface area (Å²) in [6, 6.07) is 14.6. The Kier molecular flexibility index (Phi) is 5.21. The van der Waals surface area contributed by atoms with Gasteiger partial charge in [0.05, 0.1) is 17.8 Å². The first kappa shape index (κ1) is 17.9. The number of amides is 1. The van der Waals surface area contributed by atoms with Crippen LogP contribution in [0.1, 0.15) is 29.5 Å². The normalized spacial score (nSPS) is 15.4. The highest BCUT2D eigenvalue weighted by atomic mass is 19.4. The topological polar surface area (TPSA) is 32.7 Å². The maximum absolute atomic E-state index is 12.8. The van der Waals surface area contributed by atoms with Crippen molar-refractivity contribution >= 4 is 17.7 Å². The number of hydrazone groups is 1. The van der Waals surface area contributed by atoms with Gasteiger partial charge in [-0.15, -0.1) is 0 Å². The van der Waals surface area contributed by atoms with Crippen LogP contribution < -0.4 is 0 Å². The maximum atomic E-state index is 12.8. The fraction of sp³-hybridized carbons (Fsp3) is 0.200. The number of allylic oxidation sites excluding steroid dienone is 1. The number of carbonyl (C=O) groups is 1. The number of benzene rings is 2. The molecule has 1 heterocycles. The van der Waals surface area contributed by atoms with Gasteiger partial charge in [-0.2, -0.15) is 18.3 Å². The van der Waals surface area contributed by atoms with Crippen LogP contribution in [-0.4, -0.2) is 16.6 Å². The molecular formula is C20H17F3N2O. The van der Waals surface area contributed by atoms with Gasteiger partial charge in [0.2, 0.25) is 5.91 Å². The quantitative estimate of drug-likeness (QED) is 0.765. The first-order chi connectivity index (χ1) is 12.4. The Morgan fingerprint density at radius 1 is 1.00 bits per heavy atom. The highest BCUT2D eigenvalue weighted by molar-refractivity contribution is 6.02. The molecule has 0 unspecified atom stereocenters. The summed E-state index contributed by atoms with van der Waals surface area (Å²) in [6.45, 7) is 0.0193. The van der Waals surface area contributed by atoms with Gasteiger partial charge >= 0.3 is 6.18 Å². The van der Waals surface area contributed by atoms with E-state index in [1.54, 1.807) is 6.07 Å². The number of alkyl halides is 3. The Bertz CT molecular complexity index is 842. The molecule has 134 valence electrons. The summed E-state index contributed by atoms with van der Waals surface area (Å²) in [5.41, 5.74) is 1.40.